The topological polar surface area (TPSA) is 62.7 Å². The fraction of sp³-hybridized carbons (Fsp3) is 0.200. The molecular weight excluding hydrogens is 433 g/mol. The van der Waals surface area contributed by atoms with Crippen LogP contribution in [0.5, 0.6) is 11.6 Å². The normalized spacial score (nSPS) is 14.2. The maximum absolute atomic E-state index is 12.8. The van der Waals surface area contributed by atoms with Crippen LogP contribution in [0.15, 0.2) is 78.5 Å². The average molecular weight is 454 g/mol. The lowest BCUT2D eigenvalue weighted by atomic mass is 9.88. The summed E-state index contributed by atoms with van der Waals surface area (Å²) in [5.41, 5.74) is 3.19. The quantitative estimate of drug-likeness (QED) is 0.491. The fourth-order valence-electron chi connectivity index (χ4n) is 3.84. The maximum atomic E-state index is 12.8. The van der Waals surface area contributed by atoms with Crippen LogP contribution in [0, 0.1) is 0 Å². The lowest BCUT2D eigenvalue weighted by Crippen LogP contribution is -2.35. The van der Waals surface area contributed by atoms with Crippen molar-refractivity contribution >= 4 is 11.7 Å². The number of carboxylic acid groups (broad SMARTS) is 1. The van der Waals surface area contributed by atoms with Crippen molar-refractivity contribution in [3.63, 3.8) is 0 Å². The summed E-state index contributed by atoms with van der Waals surface area (Å²) in [7, 11) is 0. The van der Waals surface area contributed by atoms with Crippen molar-refractivity contribution in [1.82, 2.24) is 9.88 Å². The van der Waals surface area contributed by atoms with Gasteiger partial charge in [-0.3, -0.25) is 0 Å². The molecule has 0 spiro atoms. The zero-order valence-electron chi connectivity index (χ0n) is 17.5. The molecule has 170 valence electrons. The Balaban J connectivity index is 1.65. The Morgan fingerprint density at radius 1 is 0.939 bits per heavy atom. The minimum absolute atomic E-state index is 0.0591. The largest absolute Gasteiger partial charge is 0.465 e. The maximum Gasteiger partial charge on any atom is 0.417 e. The first-order valence-corrected chi connectivity index (χ1v) is 10.4. The summed E-state index contributed by atoms with van der Waals surface area (Å²) >= 11 is 0. The zero-order chi connectivity index (χ0) is 23.4. The molecule has 0 radical (unpaired) electrons. The number of benzene rings is 2. The van der Waals surface area contributed by atoms with Crippen LogP contribution >= 0.6 is 0 Å². The molecule has 0 bridgehead atoms. The van der Waals surface area contributed by atoms with E-state index in [9.17, 15) is 23.1 Å². The van der Waals surface area contributed by atoms with Crippen molar-refractivity contribution in [2.45, 2.75) is 19.0 Å². The van der Waals surface area contributed by atoms with Crippen LogP contribution in [-0.2, 0) is 6.18 Å². The van der Waals surface area contributed by atoms with Crippen LogP contribution in [0.4, 0.5) is 18.0 Å². The lowest BCUT2D eigenvalue weighted by Gasteiger charge is -2.28. The Hall–Kier alpha value is -3.81. The summed E-state index contributed by atoms with van der Waals surface area (Å²) in [5, 5.41) is 9.26. The van der Waals surface area contributed by atoms with Gasteiger partial charge in [0.1, 0.15) is 5.75 Å². The van der Waals surface area contributed by atoms with E-state index < -0.39 is 17.8 Å². The minimum atomic E-state index is -4.46. The number of aromatic nitrogens is 1. The molecule has 1 aliphatic heterocycles. The molecule has 8 heteroatoms. The van der Waals surface area contributed by atoms with E-state index in [1.54, 1.807) is 6.07 Å². The highest BCUT2D eigenvalue weighted by molar-refractivity contribution is 5.83. The molecule has 2 aromatic carbocycles. The van der Waals surface area contributed by atoms with Gasteiger partial charge < -0.3 is 14.7 Å². The number of likely N-dealkylation sites (tertiary alicyclic amines) is 1. The van der Waals surface area contributed by atoms with Gasteiger partial charge in [0.05, 0.1) is 5.56 Å². The lowest BCUT2D eigenvalue weighted by molar-refractivity contribution is -0.137. The van der Waals surface area contributed by atoms with Gasteiger partial charge in [0, 0.05) is 25.4 Å². The molecule has 2 heterocycles. The van der Waals surface area contributed by atoms with Crippen LogP contribution in [0.3, 0.4) is 0 Å². The van der Waals surface area contributed by atoms with Crippen LogP contribution in [0.2, 0.25) is 0 Å². The van der Waals surface area contributed by atoms with Gasteiger partial charge in [0.25, 0.3) is 0 Å². The number of amides is 1. The predicted molar refractivity (Wildman–Crippen MR) is 117 cm³/mol. The van der Waals surface area contributed by atoms with Crippen molar-refractivity contribution in [1.29, 1.82) is 0 Å². The van der Waals surface area contributed by atoms with Crippen LogP contribution in [-0.4, -0.2) is 34.2 Å². The fourth-order valence-corrected chi connectivity index (χ4v) is 3.84. The first kappa shape index (κ1) is 22.4. The van der Waals surface area contributed by atoms with E-state index in [2.05, 4.69) is 4.98 Å². The first-order valence-electron chi connectivity index (χ1n) is 10.4. The molecule has 1 amide bonds. The molecule has 1 saturated heterocycles. The van der Waals surface area contributed by atoms with Crippen LogP contribution in [0.25, 0.3) is 5.57 Å². The SMILES string of the molecule is O=C(O)N1CCC(=C(c2ccccc2)c2cccc(Oc3ccc(C(F)(F)F)cn3)c2)CC1. The number of hydrogen-bond acceptors (Lipinski definition) is 3. The average Bonchev–Trinajstić information content (AvgIpc) is 2.80. The van der Waals surface area contributed by atoms with Crippen molar-refractivity contribution in [2.24, 2.45) is 0 Å². The molecule has 1 fully saturated rings. The zero-order valence-corrected chi connectivity index (χ0v) is 17.5. The third-order valence-corrected chi connectivity index (χ3v) is 5.46. The number of rotatable bonds is 4. The van der Waals surface area contributed by atoms with E-state index in [0.717, 1.165) is 34.5 Å². The highest BCUT2D eigenvalue weighted by atomic mass is 19.4. The molecule has 33 heavy (non-hydrogen) atoms. The standard InChI is InChI=1S/C25H21F3N2O3/c26-25(27,28)20-9-10-22(29-16-20)33-21-8-4-7-19(15-21)23(17-5-2-1-3-6-17)18-11-13-30(14-12-18)24(31)32/h1-10,15-16H,11-14H2,(H,31,32). The van der Waals surface area contributed by atoms with Crippen molar-refractivity contribution < 1.29 is 27.8 Å². The van der Waals surface area contributed by atoms with E-state index in [4.69, 9.17) is 4.74 Å². The van der Waals surface area contributed by atoms with Gasteiger partial charge in [0.15, 0.2) is 0 Å². The van der Waals surface area contributed by atoms with Gasteiger partial charge in [-0.1, -0.05) is 48.0 Å². The molecule has 0 unspecified atom stereocenters. The molecule has 3 aromatic rings. The van der Waals surface area contributed by atoms with E-state index in [1.807, 2.05) is 48.5 Å². The molecule has 0 atom stereocenters. The second-order valence-corrected chi connectivity index (χ2v) is 7.63. The first-order chi connectivity index (χ1) is 15.8. The van der Waals surface area contributed by atoms with Gasteiger partial charge in [-0.05, 0) is 47.7 Å². The molecule has 4 rings (SSSR count). The van der Waals surface area contributed by atoms with E-state index in [0.29, 0.717) is 31.7 Å². The van der Waals surface area contributed by atoms with Crippen LogP contribution < -0.4 is 4.74 Å². The van der Waals surface area contributed by atoms with E-state index >= 15 is 0 Å². The van der Waals surface area contributed by atoms with Gasteiger partial charge in [-0.25, -0.2) is 9.78 Å². The van der Waals surface area contributed by atoms with Gasteiger partial charge in [-0.2, -0.15) is 13.2 Å². The smallest absolute Gasteiger partial charge is 0.417 e. The van der Waals surface area contributed by atoms with Crippen LogP contribution in [0.1, 0.15) is 29.5 Å². The summed E-state index contributed by atoms with van der Waals surface area (Å²) in [6.45, 7) is 0.847. The third-order valence-electron chi connectivity index (χ3n) is 5.46. The Bertz CT molecular complexity index is 1150. The molecular formula is C25H21F3N2O3. The Morgan fingerprint density at radius 2 is 1.64 bits per heavy atom. The second kappa shape index (κ2) is 9.36. The summed E-state index contributed by atoms with van der Waals surface area (Å²) in [6, 6.07) is 19.2. The Morgan fingerprint density at radius 3 is 2.24 bits per heavy atom. The number of alkyl halides is 3. The summed E-state index contributed by atoms with van der Waals surface area (Å²) in [5.74, 6) is 0.501. The van der Waals surface area contributed by atoms with Crippen molar-refractivity contribution in [2.75, 3.05) is 13.1 Å². The molecule has 1 aromatic heterocycles. The van der Waals surface area contributed by atoms with Crippen molar-refractivity contribution in [3.8, 4) is 11.6 Å². The number of halogens is 3. The van der Waals surface area contributed by atoms with Crippen molar-refractivity contribution in [3.05, 3.63) is 95.2 Å². The molecule has 0 saturated carbocycles. The molecule has 1 aliphatic rings. The highest BCUT2D eigenvalue weighted by Gasteiger charge is 2.30. The van der Waals surface area contributed by atoms with E-state index in [1.165, 1.54) is 11.0 Å². The number of nitrogens with zero attached hydrogens (tertiary/aromatic N) is 2. The minimum Gasteiger partial charge on any atom is -0.465 e. The molecule has 0 aliphatic carbocycles. The Labute approximate surface area is 188 Å². The highest BCUT2D eigenvalue weighted by Crippen LogP contribution is 2.35. The summed E-state index contributed by atoms with van der Waals surface area (Å²) < 4.78 is 44.0. The van der Waals surface area contributed by atoms with E-state index in [-0.39, 0.29) is 5.88 Å². The third kappa shape index (κ3) is 5.34. The number of ether oxygens (including phenoxy) is 1. The second-order valence-electron chi connectivity index (χ2n) is 7.63. The molecule has 1 N–H and O–H groups in total. The summed E-state index contributed by atoms with van der Waals surface area (Å²) in [4.78, 5) is 16.5. The summed E-state index contributed by atoms with van der Waals surface area (Å²) in [6.07, 6.45) is -3.41. The van der Waals surface area contributed by atoms with Gasteiger partial charge >= 0.3 is 12.3 Å². The number of carbonyl (C=O) groups is 1. The van der Waals surface area contributed by atoms with Gasteiger partial charge in [-0.15, -0.1) is 0 Å². The number of pyridine rings is 1. The van der Waals surface area contributed by atoms with Gasteiger partial charge in [0.2, 0.25) is 5.88 Å². The Kier molecular flexibility index (Phi) is 6.35. The monoisotopic (exact) mass is 454 g/mol. The molecule has 5 nitrogen and oxygen atoms in total. The predicted octanol–water partition coefficient (Wildman–Crippen LogP) is 6.47. The number of hydrogen-bond donors (Lipinski definition) is 1. The number of piperidine rings is 1.